The standard InChI is InChI=1S/C25H24N4O4/c1-33-19-11-9-18(10-12-19)21-16-20(17-6-3-2-4-7-17)28-29(21)24(32)14-13-23(31)27-25-22(30)8-5-15-26-25/h2-12,15,21,30H,13-14,16H2,1H3,(H,26,27,31)/t21-/m1/s1. The molecular formula is C25H24N4O4. The topological polar surface area (TPSA) is 104 Å². The highest BCUT2D eigenvalue weighted by Gasteiger charge is 2.33. The second-order valence-corrected chi connectivity index (χ2v) is 7.56. The first-order valence-electron chi connectivity index (χ1n) is 10.6. The van der Waals surface area contributed by atoms with Gasteiger partial charge in [-0.15, -0.1) is 0 Å². The molecule has 0 radical (unpaired) electrons. The van der Waals surface area contributed by atoms with Crippen LogP contribution in [0.1, 0.15) is 36.4 Å². The van der Waals surface area contributed by atoms with E-state index in [2.05, 4.69) is 15.4 Å². The first-order chi connectivity index (χ1) is 16.0. The molecule has 2 aromatic carbocycles. The molecule has 168 valence electrons. The zero-order chi connectivity index (χ0) is 23.2. The number of ether oxygens (including phenoxy) is 1. The first-order valence-corrected chi connectivity index (χ1v) is 10.6. The number of nitrogens with zero attached hydrogens (tertiary/aromatic N) is 3. The molecule has 0 aliphatic carbocycles. The Bertz CT molecular complexity index is 1160. The third-order valence-corrected chi connectivity index (χ3v) is 5.38. The number of aromatic nitrogens is 1. The Morgan fingerprint density at radius 2 is 1.82 bits per heavy atom. The van der Waals surface area contributed by atoms with Gasteiger partial charge in [-0.1, -0.05) is 42.5 Å². The maximum atomic E-state index is 13.1. The van der Waals surface area contributed by atoms with Crippen molar-refractivity contribution in [1.82, 2.24) is 9.99 Å². The van der Waals surface area contributed by atoms with Crippen LogP contribution < -0.4 is 10.1 Å². The average molecular weight is 444 g/mol. The van der Waals surface area contributed by atoms with Crippen LogP contribution in [0.2, 0.25) is 0 Å². The molecule has 1 aliphatic heterocycles. The van der Waals surface area contributed by atoms with Crippen LogP contribution >= 0.6 is 0 Å². The molecule has 33 heavy (non-hydrogen) atoms. The van der Waals surface area contributed by atoms with E-state index in [1.165, 1.54) is 17.3 Å². The van der Waals surface area contributed by atoms with Gasteiger partial charge in [0, 0.05) is 25.5 Å². The van der Waals surface area contributed by atoms with E-state index < -0.39 is 5.91 Å². The molecule has 8 nitrogen and oxygen atoms in total. The molecule has 3 aromatic rings. The van der Waals surface area contributed by atoms with Crippen LogP contribution in [0.25, 0.3) is 0 Å². The van der Waals surface area contributed by atoms with E-state index in [1.807, 2.05) is 54.6 Å². The van der Waals surface area contributed by atoms with Crippen molar-refractivity contribution < 1.29 is 19.4 Å². The summed E-state index contributed by atoms with van der Waals surface area (Å²) in [6, 6.07) is 20.0. The molecule has 1 aromatic heterocycles. The molecule has 0 saturated heterocycles. The van der Waals surface area contributed by atoms with Gasteiger partial charge in [0.2, 0.25) is 11.8 Å². The lowest BCUT2D eigenvalue weighted by Gasteiger charge is -2.22. The molecular weight excluding hydrogens is 420 g/mol. The van der Waals surface area contributed by atoms with E-state index in [4.69, 9.17) is 4.74 Å². The van der Waals surface area contributed by atoms with Crippen molar-refractivity contribution in [3.63, 3.8) is 0 Å². The molecule has 0 fully saturated rings. The third kappa shape index (κ3) is 5.17. The summed E-state index contributed by atoms with van der Waals surface area (Å²) >= 11 is 0. The summed E-state index contributed by atoms with van der Waals surface area (Å²) in [6.07, 6.45) is 1.94. The average Bonchev–Trinajstić information content (AvgIpc) is 3.30. The SMILES string of the molecule is COc1ccc([C@H]2CC(c3ccccc3)=NN2C(=O)CCC(=O)Nc2ncccc2O)cc1. The van der Waals surface area contributed by atoms with Crippen molar-refractivity contribution in [2.24, 2.45) is 5.10 Å². The summed E-state index contributed by atoms with van der Waals surface area (Å²) < 4.78 is 5.24. The molecule has 1 atom stereocenters. The fourth-order valence-corrected chi connectivity index (χ4v) is 3.65. The van der Waals surface area contributed by atoms with E-state index in [0.717, 1.165) is 22.6 Å². The van der Waals surface area contributed by atoms with Crippen LogP contribution in [-0.2, 0) is 9.59 Å². The Hall–Kier alpha value is -4.20. The Kier molecular flexibility index (Phi) is 6.64. The number of amides is 2. The molecule has 0 bridgehead atoms. The van der Waals surface area contributed by atoms with E-state index in [9.17, 15) is 14.7 Å². The Labute approximate surface area is 191 Å². The number of hydrogen-bond acceptors (Lipinski definition) is 6. The number of carbonyl (C=O) groups is 2. The second kappa shape index (κ2) is 9.95. The summed E-state index contributed by atoms with van der Waals surface area (Å²) in [7, 11) is 1.60. The van der Waals surface area contributed by atoms with Gasteiger partial charge in [0.25, 0.3) is 0 Å². The van der Waals surface area contributed by atoms with Gasteiger partial charge in [0.15, 0.2) is 11.6 Å². The maximum absolute atomic E-state index is 13.1. The van der Waals surface area contributed by atoms with Crippen LogP contribution in [-0.4, -0.2) is 39.7 Å². The number of hydrogen-bond donors (Lipinski definition) is 2. The quantitative estimate of drug-likeness (QED) is 0.575. The van der Waals surface area contributed by atoms with Crippen LogP contribution in [0.4, 0.5) is 5.82 Å². The molecule has 8 heteroatoms. The molecule has 0 saturated carbocycles. The highest BCUT2D eigenvalue weighted by Crippen LogP contribution is 2.34. The van der Waals surface area contributed by atoms with Crippen molar-refractivity contribution in [1.29, 1.82) is 0 Å². The van der Waals surface area contributed by atoms with Gasteiger partial charge in [0.1, 0.15) is 5.75 Å². The number of rotatable bonds is 7. The van der Waals surface area contributed by atoms with Gasteiger partial charge >= 0.3 is 0 Å². The van der Waals surface area contributed by atoms with E-state index >= 15 is 0 Å². The van der Waals surface area contributed by atoms with Gasteiger partial charge in [-0.3, -0.25) is 9.59 Å². The van der Waals surface area contributed by atoms with E-state index in [0.29, 0.717) is 6.42 Å². The lowest BCUT2D eigenvalue weighted by Crippen LogP contribution is -2.28. The summed E-state index contributed by atoms with van der Waals surface area (Å²) in [5.41, 5.74) is 2.70. The lowest BCUT2D eigenvalue weighted by atomic mass is 9.98. The zero-order valence-corrected chi connectivity index (χ0v) is 18.1. The van der Waals surface area contributed by atoms with Crippen LogP contribution in [0.15, 0.2) is 78.0 Å². The summed E-state index contributed by atoms with van der Waals surface area (Å²) in [6.45, 7) is 0. The van der Waals surface area contributed by atoms with Gasteiger partial charge in [-0.25, -0.2) is 9.99 Å². The molecule has 1 aliphatic rings. The number of anilines is 1. The lowest BCUT2D eigenvalue weighted by molar-refractivity contribution is -0.134. The largest absolute Gasteiger partial charge is 0.504 e. The first kappa shape index (κ1) is 22.0. The van der Waals surface area contributed by atoms with Crippen LogP contribution in [0, 0.1) is 0 Å². The molecule has 2 heterocycles. The Morgan fingerprint density at radius 1 is 1.06 bits per heavy atom. The summed E-state index contributed by atoms with van der Waals surface area (Å²) in [5.74, 6) is -0.00905. The minimum atomic E-state index is -0.412. The number of benzene rings is 2. The highest BCUT2D eigenvalue weighted by atomic mass is 16.5. The van der Waals surface area contributed by atoms with E-state index in [1.54, 1.807) is 13.2 Å². The number of hydrazone groups is 1. The van der Waals surface area contributed by atoms with Gasteiger partial charge in [-0.2, -0.15) is 5.10 Å². The van der Waals surface area contributed by atoms with Gasteiger partial charge in [-0.05, 0) is 35.4 Å². The fourth-order valence-electron chi connectivity index (χ4n) is 3.65. The number of carbonyl (C=O) groups excluding carboxylic acids is 2. The third-order valence-electron chi connectivity index (χ3n) is 5.38. The number of methoxy groups -OCH3 is 1. The van der Waals surface area contributed by atoms with Crippen molar-refractivity contribution in [3.05, 3.63) is 84.1 Å². The molecule has 2 N–H and O–H groups in total. The fraction of sp³-hybridized carbons (Fsp3) is 0.200. The van der Waals surface area contributed by atoms with Crippen molar-refractivity contribution in [2.75, 3.05) is 12.4 Å². The van der Waals surface area contributed by atoms with Crippen molar-refractivity contribution in [2.45, 2.75) is 25.3 Å². The predicted octanol–water partition coefficient (Wildman–Crippen LogP) is 3.89. The minimum absolute atomic E-state index is 0.0301. The molecule has 2 amide bonds. The van der Waals surface area contributed by atoms with Crippen molar-refractivity contribution in [3.8, 4) is 11.5 Å². The zero-order valence-electron chi connectivity index (χ0n) is 18.1. The van der Waals surface area contributed by atoms with Gasteiger partial charge < -0.3 is 15.2 Å². The predicted molar refractivity (Wildman–Crippen MR) is 124 cm³/mol. The molecule has 4 rings (SSSR count). The normalized spacial score (nSPS) is 15.1. The Balaban J connectivity index is 1.49. The number of pyridine rings is 1. The highest BCUT2D eigenvalue weighted by molar-refractivity contribution is 6.03. The second-order valence-electron chi connectivity index (χ2n) is 7.56. The molecule has 0 unspecified atom stereocenters. The summed E-state index contributed by atoms with van der Waals surface area (Å²) in [5, 5.41) is 18.4. The van der Waals surface area contributed by atoms with Crippen LogP contribution in [0.3, 0.4) is 0 Å². The van der Waals surface area contributed by atoms with E-state index in [-0.39, 0.29) is 36.4 Å². The van der Waals surface area contributed by atoms with Crippen LogP contribution in [0.5, 0.6) is 11.5 Å². The molecule has 0 spiro atoms. The number of aromatic hydroxyl groups is 1. The van der Waals surface area contributed by atoms with Crippen molar-refractivity contribution >= 4 is 23.3 Å². The smallest absolute Gasteiger partial charge is 0.243 e. The minimum Gasteiger partial charge on any atom is -0.504 e. The Morgan fingerprint density at radius 3 is 2.52 bits per heavy atom. The van der Waals surface area contributed by atoms with Gasteiger partial charge in [0.05, 0.1) is 18.9 Å². The summed E-state index contributed by atoms with van der Waals surface area (Å²) in [4.78, 5) is 29.3. The maximum Gasteiger partial charge on any atom is 0.243 e. The monoisotopic (exact) mass is 444 g/mol. The number of nitrogens with one attached hydrogen (secondary N) is 1.